The molecule has 0 amide bonds. The zero-order valence-corrected chi connectivity index (χ0v) is 36.2. The van der Waals surface area contributed by atoms with Gasteiger partial charge < -0.3 is 18.9 Å². The van der Waals surface area contributed by atoms with E-state index in [-0.39, 0.29) is 0 Å². The number of anilines is 5. The highest BCUT2D eigenvalue weighted by atomic mass is 15.2. The Kier molecular flexibility index (Phi) is 9.19. The second kappa shape index (κ2) is 15.5. The van der Waals surface area contributed by atoms with Gasteiger partial charge in [0.05, 0.1) is 22.1 Å². The molecule has 0 aliphatic heterocycles. The maximum absolute atomic E-state index is 2.47. The second-order valence-electron chi connectivity index (χ2n) is 17.3. The van der Waals surface area contributed by atoms with Gasteiger partial charge in [-0.3, -0.25) is 0 Å². The topological polar surface area (TPSA) is 16.3 Å². The number of benzene rings is 8. The molecule has 64 heavy (non-hydrogen) atoms. The molecule has 308 valence electrons. The summed E-state index contributed by atoms with van der Waals surface area (Å²) in [6.07, 6.45) is 15.8. The normalized spacial score (nSPS) is 14.1. The zero-order valence-electron chi connectivity index (χ0n) is 36.2. The number of hydrogen-bond donors (Lipinski definition) is 0. The van der Waals surface area contributed by atoms with Crippen LogP contribution >= 0.6 is 0 Å². The van der Waals surface area contributed by atoms with Crippen molar-refractivity contribution in [2.75, 3.05) is 9.80 Å². The van der Waals surface area contributed by atoms with Crippen LogP contribution in [-0.2, 0) is 14.1 Å². The standard InChI is InChI=1S/C60H48N4/c1-61-55-39-49(63(45-21-11-5-12-22-45)47-31-27-43(28-32-47)41-17-7-3-8-18-41)35-37-53(55)57-51-25-15-16-26-52(51)58-54-38-36-50(40-56(54)62(2)60(58)59(57)61)64(46-23-13-6-14-24-46)48-33-29-44(30-34-48)42-19-9-4-10-20-42/h3-9,11-19,21-29,31-33,35-40H,10,20,30,34H2,1-2H3. The van der Waals surface area contributed by atoms with Crippen LogP contribution in [0.5, 0.6) is 0 Å². The third-order valence-electron chi connectivity index (χ3n) is 13.7. The Morgan fingerprint density at radius 2 is 0.875 bits per heavy atom. The van der Waals surface area contributed by atoms with Crippen molar-refractivity contribution in [3.63, 3.8) is 0 Å². The van der Waals surface area contributed by atoms with Crippen molar-refractivity contribution in [3.8, 4) is 11.1 Å². The zero-order chi connectivity index (χ0) is 42.7. The van der Waals surface area contributed by atoms with E-state index in [1.807, 2.05) is 0 Å². The number of para-hydroxylation sites is 2. The van der Waals surface area contributed by atoms with Crippen LogP contribution in [0.25, 0.3) is 65.5 Å². The molecule has 2 aromatic heterocycles. The SMILES string of the molecule is Cn1c2cc(N(C3=CC=C(C4=CC=CCC4)CC3)c3ccccc3)ccc2c2c3ccccc3c3c4ccc(N(c5ccccc5)c5ccc(-c6ccccc6)cc5)cc4n(C)c3c21. The Bertz CT molecular complexity index is 3550. The number of allylic oxidation sites excluding steroid dienone is 8. The van der Waals surface area contributed by atoms with Gasteiger partial charge in [0.1, 0.15) is 0 Å². The summed E-state index contributed by atoms with van der Waals surface area (Å²) in [7, 11) is 4.51. The molecule has 0 N–H and O–H groups in total. The monoisotopic (exact) mass is 824 g/mol. The molecular weight excluding hydrogens is 777 g/mol. The average molecular weight is 825 g/mol. The van der Waals surface area contributed by atoms with Crippen LogP contribution in [0.2, 0.25) is 0 Å². The van der Waals surface area contributed by atoms with E-state index in [4.69, 9.17) is 0 Å². The van der Waals surface area contributed by atoms with Gasteiger partial charge in [0, 0.05) is 69.8 Å². The predicted molar refractivity (Wildman–Crippen MR) is 272 cm³/mol. The lowest BCUT2D eigenvalue weighted by Gasteiger charge is -2.30. The van der Waals surface area contributed by atoms with E-state index in [1.54, 1.807) is 0 Å². The van der Waals surface area contributed by atoms with Gasteiger partial charge in [-0.05, 0) is 125 Å². The van der Waals surface area contributed by atoms with Crippen LogP contribution < -0.4 is 9.80 Å². The summed E-state index contributed by atoms with van der Waals surface area (Å²) in [4.78, 5) is 4.85. The molecule has 0 spiro atoms. The predicted octanol–water partition coefficient (Wildman–Crippen LogP) is 16.3. The molecule has 2 aliphatic carbocycles. The van der Waals surface area contributed by atoms with Gasteiger partial charge in [-0.25, -0.2) is 0 Å². The molecule has 0 radical (unpaired) electrons. The van der Waals surface area contributed by atoms with Crippen LogP contribution in [0.15, 0.2) is 223 Å². The minimum absolute atomic E-state index is 0.985. The summed E-state index contributed by atoms with van der Waals surface area (Å²) in [6.45, 7) is 0. The molecule has 0 saturated heterocycles. The van der Waals surface area contributed by atoms with E-state index in [1.165, 1.54) is 93.7 Å². The van der Waals surface area contributed by atoms with Gasteiger partial charge >= 0.3 is 0 Å². The first kappa shape index (κ1) is 37.9. The van der Waals surface area contributed by atoms with E-state index in [9.17, 15) is 0 Å². The molecule has 2 aliphatic rings. The van der Waals surface area contributed by atoms with Crippen LogP contribution in [0.1, 0.15) is 25.7 Å². The van der Waals surface area contributed by atoms with Crippen molar-refractivity contribution in [1.82, 2.24) is 9.13 Å². The molecule has 12 rings (SSSR count). The smallest absolute Gasteiger partial charge is 0.0742 e. The number of fused-ring (bicyclic) bond motifs is 10. The molecule has 2 heterocycles. The van der Waals surface area contributed by atoms with Crippen molar-refractivity contribution < 1.29 is 0 Å². The van der Waals surface area contributed by atoms with Crippen molar-refractivity contribution in [2.24, 2.45) is 14.1 Å². The lowest BCUT2D eigenvalue weighted by molar-refractivity contribution is 0.851. The van der Waals surface area contributed by atoms with Crippen molar-refractivity contribution in [2.45, 2.75) is 25.7 Å². The fraction of sp³-hybridized carbons (Fsp3) is 0.100. The van der Waals surface area contributed by atoms with E-state index in [0.717, 1.165) is 42.7 Å². The van der Waals surface area contributed by atoms with Crippen LogP contribution in [0.3, 0.4) is 0 Å². The lowest BCUT2D eigenvalue weighted by Crippen LogP contribution is -2.18. The van der Waals surface area contributed by atoms with E-state index < -0.39 is 0 Å². The molecule has 4 heteroatoms. The quantitative estimate of drug-likeness (QED) is 0.152. The van der Waals surface area contributed by atoms with Crippen molar-refractivity contribution >= 4 is 82.8 Å². The average Bonchev–Trinajstić information content (AvgIpc) is 3.82. The van der Waals surface area contributed by atoms with Gasteiger partial charge in [0.15, 0.2) is 0 Å². The van der Waals surface area contributed by atoms with E-state index in [0.29, 0.717) is 0 Å². The molecule has 8 aromatic carbocycles. The fourth-order valence-corrected chi connectivity index (χ4v) is 10.6. The molecule has 0 fully saturated rings. The Morgan fingerprint density at radius 3 is 1.42 bits per heavy atom. The Hall–Kier alpha value is -7.82. The van der Waals surface area contributed by atoms with Crippen molar-refractivity contribution in [1.29, 1.82) is 0 Å². The minimum atomic E-state index is 0.985. The van der Waals surface area contributed by atoms with Gasteiger partial charge in [0.2, 0.25) is 0 Å². The molecule has 0 saturated carbocycles. The third-order valence-corrected chi connectivity index (χ3v) is 13.7. The largest absolute Gasteiger partial charge is 0.342 e. The molecule has 0 bridgehead atoms. The van der Waals surface area contributed by atoms with E-state index in [2.05, 4.69) is 239 Å². The highest BCUT2D eigenvalue weighted by molar-refractivity contribution is 6.36. The van der Waals surface area contributed by atoms with Gasteiger partial charge in [-0.2, -0.15) is 0 Å². The summed E-state index contributed by atoms with van der Waals surface area (Å²) in [5, 5.41) is 7.67. The number of aromatic nitrogens is 2. The fourth-order valence-electron chi connectivity index (χ4n) is 10.6. The van der Waals surface area contributed by atoms with Crippen LogP contribution in [0.4, 0.5) is 28.4 Å². The highest BCUT2D eigenvalue weighted by Gasteiger charge is 2.25. The molecule has 4 nitrogen and oxygen atoms in total. The molecule has 10 aromatic rings. The highest BCUT2D eigenvalue weighted by Crippen LogP contribution is 2.47. The number of aryl methyl sites for hydroxylation is 2. The minimum Gasteiger partial charge on any atom is -0.342 e. The maximum atomic E-state index is 2.47. The van der Waals surface area contributed by atoms with Gasteiger partial charge in [-0.15, -0.1) is 0 Å². The lowest BCUT2D eigenvalue weighted by atomic mass is 9.90. The Labute approximate surface area is 374 Å². The number of hydrogen-bond acceptors (Lipinski definition) is 2. The Morgan fingerprint density at radius 1 is 0.391 bits per heavy atom. The summed E-state index contributed by atoms with van der Waals surface area (Å²) >= 11 is 0. The first-order valence-corrected chi connectivity index (χ1v) is 22.6. The molecule has 0 atom stereocenters. The summed E-state index contributed by atoms with van der Waals surface area (Å²) in [5.74, 6) is 0. The molecular formula is C60H48N4. The summed E-state index contributed by atoms with van der Waals surface area (Å²) in [5.41, 5.74) is 17.3. The third kappa shape index (κ3) is 6.20. The first-order chi connectivity index (χ1) is 31.6. The maximum Gasteiger partial charge on any atom is 0.0742 e. The number of nitrogens with zero attached hydrogens (tertiary/aromatic N) is 4. The summed E-state index contributed by atoms with van der Waals surface area (Å²) < 4.78 is 4.89. The first-order valence-electron chi connectivity index (χ1n) is 22.6. The Balaban J connectivity index is 1.03. The van der Waals surface area contributed by atoms with E-state index >= 15 is 0 Å². The van der Waals surface area contributed by atoms with Crippen molar-refractivity contribution in [3.05, 3.63) is 223 Å². The summed E-state index contributed by atoms with van der Waals surface area (Å²) in [6, 6.07) is 64.3. The molecule has 0 unspecified atom stereocenters. The van der Waals surface area contributed by atoms with Gasteiger partial charge in [-0.1, -0.05) is 140 Å². The van der Waals surface area contributed by atoms with Crippen LogP contribution in [0, 0.1) is 0 Å². The van der Waals surface area contributed by atoms with Crippen LogP contribution in [-0.4, -0.2) is 9.13 Å². The second-order valence-corrected chi connectivity index (χ2v) is 17.3. The number of rotatable bonds is 8. The van der Waals surface area contributed by atoms with Gasteiger partial charge in [0.25, 0.3) is 0 Å².